The normalized spacial score (nSPS) is 15.6. The van der Waals surface area contributed by atoms with Gasteiger partial charge in [0.25, 0.3) is 0 Å². The molecular weight excluding hydrogens is 1030 g/mol. The zero-order chi connectivity index (χ0) is 56.0. The summed E-state index contributed by atoms with van der Waals surface area (Å²) in [6.45, 7) is -1.76. The third-order valence-electron chi connectivity index (χ3n) is 12.5. The Morgan fingerprint density at radius 3 is 2.05 bits per heavy atom. The van der Waals surface area contributed by atoms with Crippen molar-refractivity contribution in [3.63, 3.8) is 0 Å². The number of carbonyl (C=O) groups is 9. The lowest BCUT2D eigenvalue weighted by Crippen LogP contribution is -2.58. The van der Waals surface area contributed by atoms with Crippen LogP contribution in [0.2, 0.25) is 0 Å². The summed E-state index contributed by atoms with van der Waals surface area (Å²) in [5.74, 6) is -8.52. The topological polar surface area (TPSA) is 425 Å². The van der Waals surface area contributed by atoms with Crippen molar-refractivity contribution in [3.05, 3.63) is 76.9 Å². The number of nitrogens with zero attached hydrogens (tertiary/aromatic N) is 2. The van der Waals surface area contributed by atoms with Gasteiger partial charge in [0.1, 0.15) is 47.2 Å². The van der Waals surface area contributed by atoms with Gasteiger partial charge in [-0.2, -0.15) is 0 Å². The lowest BCUT2D eigenvalue weighted by atomic mass is 9.77. The number of carbonyl (C=O) groups excluding carboxylic acids is 7. The molecule has 6 rings (SSSR count). The number of carboxylic acid groups (broad SMARTS) is 2. The summed E-state index contributed by atoms with van der Waals surface area (Å²) < 4.78 is 12.1. The maximum atomic E-state index is 13.5. The number of unbranched alkanes of at least 4 members (excludes halogenated alkanes) is 2. The first kappa shape index (κ1) is 57.5. The number of benzene rings is 3. The summed E-state index contributed by atoms with van der Waals surface area (Å²) in [6, 6.07) is 8.09. The number of esters is 1. The summed E-state index contributed by atoms with van der Waals surface area (Å²) in [4.78, 5) is 119. The summed E-state index contributed by atoms with van der Waals surface area (Å²) in [5.41, 5.74) is 11.6. The quantitative estimate of drug-likeness (QED) is 0.0156. The number of hydrogen-bond acceptors (Lipinski definition) is 16. The van der Waals surface area contributed by atoms with Gasteiger partial charge in [-0.15, -0.1) is 0 Å². The number of carboxylic acids is 2. The lowest BCUT2D eigenvalue weighted by Gasteiger charge is -2.36. The number of anilines is 1. The summed E-state index contributed by atoms with van der Waals surface area (Å²) >= 11 is 5.49. The molecule has 4 unspecified atom stereocenters. The monoisotopic (exact) mass is 1090 g/mol. The Morgan fingerprint density at radius 2 is 1.42 bits per heavy atom. The number of rotatable bonds is 25. The molecule has 4 atom stereocenters. The average molecular weight is 1090 g/mol. The van der Waals surface area contributed by atoms with E-state index >= 15 is 0 Å². The fraction of sp³-hybridized carbons (Fsp3) is 0.408. The maximum Gasteiger partial charge on any atom is 0.340 e. The van der Waals surface area contributed by atoms with Gasteiger partial charge < -0.3 is 88.6 Å². The molecule has 0 aliphatic carbocycles. The highest BCUT2D eigenvalue weighted by Gasteiger charge is 2.54. The van der Waals surface area contributed by atoms with Gasteiger partial charge in [-0.25, -0.2) is 9.59 Å². The van der Waals surface area contributed by atoms with Crippen LogP contribution in [0.1, 0.15) is 84.8 Å². The number of nitrogens with two attached hydrogens (primary N) is 2. The lowest BCUT2D eigenvalue weighted by molar-refractivity contribution is -0.150. The van der Waals surface area contributed by atoms with Gasteiger partial charge >= 0.3 is 17.9 Å². The number of thiocarbonyl (C=S) groups is 1. The number of likely N-dealkylation sites (tertiary alicyclic amines) is 1. The Hall–Kier alpha value is -8.79. The van der Waals surface area contributed by atoms with Crippen molar-refractivity contribution in [2.75, 3.05) is 44.6 Å². The van der Waals surface area contributed by atoms with E-state index in [1.807, 2.05) is 0 Å². The number of nitrogens with one attached hydrogen (secondary N) is 7. The molecule has 28 heteroatoms. The molecule has 0 radical (unpaired) electrons. The van der Waals surface area contributed by atoms with E-state index < -0.39 is 109 Å². The van der Waals surface area contributed by atoms with Gasteiger partial charge in [0.15, 0.2) is 16.7 Å². The van der Waals surface area contributed by atoms with Crippen molar-refractivity contribution < 1.29 is 78.2 Å². The van der Waals surface area contributed by atoms with Gasteiger partial charge in [0.05, 0.1) is 31.7 Å². The van der Waals surface area contributed by atoms with E-state index in [1.165, 1.54) is 24.3 Å². The Labute approximate surface area is 444 Å². The second kappa shape index (κ2) is 26.1. The Morgan fingerprint density at radius 1 is 0.766 bits per heavy atom. The van der Waals surface area contributed by atoms with Crippen LogP contribution in [-0.2, 0) is 48.7 Å². The standard InChI is InChI=1S/C49H59N11O16S/c50-47(51)52-16-4-6-32(42(69)55-23-40(66)58-33(21-41(67)68)43(70)59-34(24-61)44(71)60-17-5-7-35(60)45(72)73)57-39(65)22-54-38(64)8-2-1-3-15-53-48(77)56-25-9-12-29-28(18-25)46(74)76-49(29)30-13-10-26(62)19-36(30)75-37-20-27(63)11-14-31(37)49/h9-14,18-20,32-35,61-63H,1-8,15-17,21-24H2,(H,54,64)(H,55,69)(H,57,65)(H,58,66)(H,59,70)(H,67,68)(H,72,73)(H4,50,51,52)(H2,53,56,77). The molecule has 3 heterocycles. The molecule has 3 aromatic rings. The number of phenols is 2. The maximum absolute atomic E-state index is 13.5. The molecule has 77 heavy (non-hydrogen) atoms. The van der Waals surface area contributed by atoms with Crippen LogP contribution >= 0.6 is 12.2 Å². The Bertz CT molecular complexity index is 2780. The predicted molar refractivity (Wildman–Crippen MR) is 274 cm³/mol. The first-order chi connectivity index (χ1) is 36.7. The van der Waals surface area contributed by atoms with Crippen LogP contribution in [0.4, 0.5) is 5.69 Å². The number of aliphatic hydroxyl groups excluding tert-OH is 1. The van der Waals surface area contributed by atoms with Crippen LogP contribution in [0.5, 0.6) is 23.0 Å². The number of phenolic OH excluding ortho intramolecular Hbond substituents is 2. The van der Waals surface area contributed by atoms with E-state index in [2.05, 4.69) is 42.2 Å². The largest absolute Gasteiger partial charge is 0.508 e. The van der Waals surface area contributed by atoms with E-state index in [-0.39, 0.29) is 78.4 Å². The fourth-order valence-corrected chi connectivity index (χ4v) is 9.12. The number of guanidine groups is 1. The van der Waals surface area contributed by atoms with Crippen molar-refractivity contribution in [3.8, 4) is 23.0 Å². The summed E-state index contributed by atoms with van der Waals surface area (Å²) in [7, 11) is 0. The minimum Gasteiger partial charge on any atom is -0.508 e. The van der Waals surface area contributed by atoms with E-state index in [0.717, 1.165) is 4.90 Å². The number of amides is 6. The summed E-state index contributed by atoms with van der Waals surface area (Å²) in [5, 5.41) is 67.0. The number of aliphatic hydroxyl groups is 1. The minimum absolute atomic E-state index is 0.0401. The van der Waals surface area contributed by atoms with Crippen LogP contribution in [0.25, 0.3) is 0 Å². The van der Waals surface area contributed by atoms with Crippen LogP contribution in [-0.4, -0.2) is 158 Å². The smallest absolute Gasteiger partial charge is 0.340 e. The number of hydrogen-bond donors (Lipinski definition) is 14. The molecule has 3 aliphatic heterocycles. The first-order valence-electron chi connectivity index (χ1n) is 24.3. The number of ether oxygens (including phenoxy) is 2. The highest BCUT2D eigenvalue weighted by Crippen LogP contribution is 2.57. The van der Waals surface area contributed by atoms with Crippen molar-refractivity contribution in [2.45, 2.75) is 87.6 Å². The Balaban J connectivity index is 0.920. The van der Waals surface area contributed by atoms with Gasteiger partial charge in [-0.05, 0) is 87.1 Å². The number of fused-ring (bicyclic) bond motifs is 6. The van der Waals surface area contributed by atoms with Crippen LogP contribution in [0.15, 0.2) is 59.6 Å². The van der Waals surface area contributed by atoms with Crippen molar-refractivity contribution in [2.24, 2.45) is 16.5 Å². The van der Waals surface area contributed by atoms with Gasteiger partial charge in [0.2, 0.25) is 35.4 Å². The molecule has 0 aromatic heterocycles. The number of aromatic hydroxyl groups is 2. The predicted octanol–water partition coefficient (Wildman–Crippen LogP) is -1.20. The second-order valence-corrected chi connectivity index (χ2v) is 18.4. The molecule has 6 amide bonds. The molecule has 0 saturated carbocycles. The molecule has 412 valence electrons. The number of aliphatic imine (C=N–C) groups is 1. The molecule has 1 spiro atoms. The van der Waals surface area contributed by atoms with Crippen molar-refractivity contribution in [1.29, 1.82) is 0 Å². The number of aliphatic carboxylic acids is 2. The average Bonchev–Trinajstić information content (AvgIpc) is 4.16. The zero-order valence-corrected chi connectivity index (χ0v) is 42.1. The van der Waals surface area contributed by atoms with E-state index in [4.69, 9.17) is 33.2 Å². The summed E-state index contributed by atoms with van der Waals surface area (Å²) in [6.07, 6.45) is 1.36. The van der Waals surface area contributed by atoms with Crippen LogP contribution in [0, 0.1) is 0 Å². The molecule has 1 saturated heterocycles. The van der Waals surface area contributed by atoms with Gasteiger partial charge in [-0.1, -0.05) is 12.5 Å². The molecule has 3 aliphatic rings. The molecule has 0 bridgehead atoms. The minimum atomic E-state index is -1.80. The van der Waals surface area contributed by atoms with Crippen LogP contribution < -0.4 is 53.4 Å². The van der Waals surface area contributed by atoms with Crippen LogP contribution in [0.3, 0.4) is 0 Å². The SMILES string of the molecule is NC(N)=NCCCC(NC(=O)CNC(=O)CCCCCNC(=S)Nc1ccc2c(c1)C(=O)OC21c2ccc(O)cc2Oc2cc(O)ccc21)C(=O)NCC(=O)NC(CC(=O)O)C(=O)NC(CO)C(=O)N1CCCC1C(=O)O. The molecule has 1 fully saturated rings. The molecule has 3 aromatic carbocycles. The second-order valence-electron chi connectivity index (χ2n) is 18.0. The van der Waals surface area contributed by atoms with Gasteiger partial charge in [-0.3, -0.25) is 38.6 Å². The highest BCUT2D eigenvalue weighted by molar-refractivity contribution is 7.80. The zero-order valence-electron chi connectivity index (χ0n) is 41.3. The van der Waals surface area contributed by atoms with Gasteiger partial charge in [0, 0.05) is 60.6 Å². The van der Waals surface area contributed by atoms with Crippen molar-refractivity contribution in [1.82, 2.24) is 36.8 Å². The fourth-order valence-electron chi connectivity index (χ4n) is 8.90. The highest BCUT2D eigenvalue weighted by atomic mass is 32.1. The third-order valence-corrected chi connectivity index (χ3v) is 12.8. The first-order valence-corrected chi connectivity index (χ1v) is 24.7. The van der Waals surface area contributed by atoms with Crippen molar-refractivity contribution >= 4 is 82.3 Å². The molecular formula is C49H59N11O16S. The molecule has 16 N–H and O–H groups in total. The van der Waals surface area contributed by atoms with E-state index in [0.29, 0.717) is 54.6 Å². The molecule has 27 nitrogen and oxygen atoms in total. The Kier molecular flexibility index (Phi) is 19.5. The third kappa shape index (κ3) is 14.7. The van der Waals surface area contributed by atoms with E-state index in [9.17, 15) is 68.7 Å². The van der Waals surface area contributed by atoms with E-state index in [1.54, 1.807) is 30.3 Å².